The molecule has 0 amide bonds. The molecule has 0 saturated heterocycles. The molecule has 0 atom stereocenters. The molecule has 0 N–H and O–H groups in total. The summed E-state index contributed by atoms with van der Waals surface area (Å²) in [6.07, 6.45) is 2.75. The van der Waals surface area contributed by atoms with Gasteiger partial charge in [0.1, 0.15) is 23.3 Å². The van der Waals surface area contributed by atoms with Crippen LogP contribution in [0.3, 0.4) is 0 Å². The lowest BCUT2D eigenvalue weighted by molar-refractivity contribution is 0.0513. The van der Waals surface area contributed by atoms with E-state index in [-0.39, 0.29) is 35.6 Å². The lowest BCUT2D eigenvalue weighted by Gasteiger charge is -2.07. The lowest BCUT2D eigenvalue weighted by Crippen LogP contribution is -2.22. The summed E-state index contributed by atoms with van der Waals surface area (Å²) >= 11 is 0. The van der Waals surface area contributed by atoms with Crippen molar-refractivity contribution in [3.63, 3.8) is 0 Å². The van der Waals surface area contributed by atoms with Gasteiger partial charge in [0, 0.05) is 5.56 Å². The maximum Gasteiger partial charge on any atom is 0.360 e. The van der Waals surface area contributed by atoms with Crippen LogP contribution in [-0.4, -0.2) is 37.1 Å². The van der Waals surface area contributed by atoms with Crippen LogP contribution in [0.5, 0.6) is 0 Å². The molecule has 0 radical (unpaired) electrons. The molecular formula is C19H16FN5O4. The largest absolute Gasteiger partial charge is 0.461 e. The zero-order valence-corrected chi connectivity index (χ0v) is 15.6. The number of carbonyl (C=O) groups is 1. The van der Waals surface area contributed by atoms with E-state index in [2.05, 4.69) is 15.2 Å². The number of rotatable bonds is 5. The van der Waals surface area contributed by atoms with Crippen LogP contribution in [0.2, 0.25) is 0 Å². The van der Waals surface area contributed by atoms with Crippen molar-refractivity contribution in [3.05, 3.63) is 70.0 Å². The quantitative estimate of drug-likeness (QED) is 0.476. The Balaban J connectivity index is 1.73. The Bertz CT molecular complexity index is 1260. The summed E-state index contributed by atoms with van der Waals surface area (Å²) in [5.41, 5.74) is 1.03. The Hall–Kier alpha value is -3.82. The lowest BCUT2D eigenvalue weighted by atomic mass is 10.2. The monoisotopic (exact) mass is 397 g/mol. The van der Waals surface area contributed by atoms with Crippen molar-refractivity contribution in [2.24, 2.45) is 0 Å². The fourth-order valence-electron chi connectivity index (χ4n) is 2.94. The highest BCUT2D eigenvalue weighted by atomic mass is 19.1. The number of hydrogen-bond donors (Lipinski definition) is 0. The predicted molar refractivity (Wildman–Crippen MR) is 99.4 cm³/mol. The second-order valence-corrected chi connectivity index (χ2v) is 6.23. The van der Waals surface area contributed by atoms with Crippen LogP contribution in [0.1, 0.15) is 28.7 Å². The van der Waals surface area contributed by atoms with E-state index in [4.69, 9.17) is 9.26 Å². The van der Waals surface area contributed by atoms with Crippen molar-refractivity contribution in [1.29, 1.82) is 0 Å². The summed E-state index contributed by atoms with van der Waals surface area (Å²) in [6, 6.07) is 5.69. The van der Waals surface area contributed by atoms with E-state index < -0.39 is 5.97 Å². The van der Waals surface area contributed by atoms with Gasteiger partial charge in [-0.3, -0.25) is 9.36 Å². The topological polar surface area (TPSA) is 105 Å². The van der Waals surface area contributed by atoms with Gasteiger partial charge in [-0.1, -0.05) is 5.16 Å². The number of nitrogens with zero attached hydrogens (tertiary/aromatic N) is 5. The normalized spacial score (nSPS) is 11.1. The standard InChI is InChI=1S/C19H16FN5O4/c1-3-28-19(27)16-15(11(2)29-23-16)9-24-10-21-17-14(18(24)26)8-22-25(17)13-6-4-12(20)5-7-13/h4-8,10H,3,9H2,1-2H3. The number of benzene rings is 1. The number of halogens is 1. The molecule has 29 heavy (non-hydrogen) atoms. The molecule has 0 bridgehead atoms. The Labute approximate surface area is 163 Å². The third kappa shape index (κ3) is 3.28. The van der Waals surface area contributed by atoms with Crippen molar-refractivity contribution in [2.75, 3.05) is 6.61 Å². The highest BCUT2D eigenvalue weighted by Crippen LogP contribution is 2.17. The SMILES string of the molecule is CCOC(=O)c1noc(C)c1Cn1cnc2c(cnn2-c2ccc(F)cc2)c1=O. The average molecular weight is 397 g/mol. The van der Waals surface area contributed by atoms with Crippen LogP contribution in [0.4, 0.5) is 4.39 Å². The summed E-state index contributed by atoms with van der Waals surface area (Å²) in [7, 11) is 0. The van der Waals surface area contributed by atoms with Gasteiger partial charge in [0.25, 0.3) is 5.56 Å². The molecule has 9 nitrogen and oxygen atoms in total. The highest BCUT2D eigenvalue weighted by Gasteiger charge is 2.22. The van der Waals surface area contributed by atoms with Crippen LogP contribution in [0.15, 0.2) is 46.1 Å². The molecule has 0 aliphatic carbocycles. The summed E-state index contributed by atoms with van der Waals surface area (Å²) < 4.78 is 26.0. The first-order valence-electron chi connectivity index (χ1n) is 8.81. The number of esters is 1. The molecule has 4 aromatic rings. The summed E-state index contributed by atoms with van der Waals surface area (Å²) in [4.78, 5) is 29.3. The van der Waals surface area contributed by atoms with Gasteiger partial charge in [-0.15, -0.1) is 0 Å². The van der Waals surface area contributed by atoms with Gasteiger partial charge in [-0.05, 0) is 38.1 Å². The average Bonchev–Trinajstić information content (AvgIpc) is 3.29. The highest BCUT2D eigenvalue weighted by molar-refractivity contribution is 5.89. The van der Waals surface area contributed by atoms with Gasteiger partial charge in [-0.25, -0.2) is 18.9 Å². The summed E-state index contributed by atoms with van der Waals surface area (Å²) in [5, 5.41) is 8.22. The van der Waals surface area contributed by atoms with E-state index in [1.165, 1.54) is 33.9 Å². The Morgan fingerprint density at radius 3 is 2.76 bits per heavy atom. The van der Waals surface area contributed by atoms with Crippen molar-refractivity contribution in [3.8, 4) is 5.69 Å². The minimum atomic E-state index is -0.620. The van der Waals surface area contributed by atoms with E-state index in [9.17, 15) is 14.0 Å². The number of aromatic nitrogens is 5. The molecule has 3 aromatic heterocycles. The molecule has 3 heterocycles. The second-order valence-electron chi connectivity index (χ2n) is 6.23. The van der Waals surface area contributed by atoms with Crippen LogP contribution in [0.25, 0.3) is 16.7 Å². The predicted octanol–water partition coefficient (Wildman–Crippen LogP) is 2.24. The van der Waals surface area contributed by atoms with Crippen LogP contribution in [0, 0.1) is 12.7 Å². The third-order valence-electron chi connectivity index (χ3n) is 4.41. The van der Waals surface area contributed by atoms with E-state index >= 15 is 0 Å². The van der Waals surface area contributed by atoms with Gasteiger partial charge in [0.05, 0.1) is 25.0 Å². The van der Waals surface area contributed by atoms with Gasteiger partial charge in [-0.2, -0.15) is 5.10 Å². The van der Waals surface area contributed by atoms with E-state index in [1.807, 2.05) is 0 Å². The first-order chi connectivity index (χ1) is 14.0. The molecule has 0 aliphatic heterocycles. The zero-order chi connectivity index (χ0) is 20.5. The molecule has 0 spiro atoms. The van der Waals surface area contributed by atoms with E-state index in [1.54, 1.807) is 26.0 Å². The molecule has 10 heteroatoms. The molecule has 0 saturated carbocycles. The van der Waals surface area contributed by atoms with E-state index in [0.717, 1.165) is 0 Å². The molecule has 1 aromatic carbocycles. The Kier molecular flexibility index (Phi) is 4.67. The van der Waals surface area contributed by atoms with Crippen LogP contribution < -0.4 is 5.56 Å². The van der Waals surface area contributed by atoms with Gasteiger partial charge >= 0.3 is 5.97 Å². The maximum absolute atomic E-state index is 13.2. The Morgan fingerprint density at radius 2 is 2.03 bits per heavy atom. The fourth-order valence-corrected chi connectivity index (χ4v) is 2.94. The minimum Gasteiger partial charge on any atom is -0.461 e. The smallest absolute Gasteiger partial charge is 0.360 e. The molecule has 148 valence electrons. The van der Waals surface area contributed by atoms with E-state index in [0.29, 0.717) is 22.7 Å². The van der Waals surface area contributed by atoms with Gasteiger partial charge < -0.3 is 9.26 Å². The third-order valence-corrected chi connectivity index (χ3v) is 4.41. The first-order valence-corrected chi connectivity index (χ1v) is 8.81. The number of hydrogen-bond acceptors (Lipinski definition) is 7. The minimum absolute atomic E-state index is 0.0263. The summed E-state index contributed by atoms with van der Waals surface area (Å²) in [5.74, 6) is -0.588. The van der Waals surface area contributed by atoms with Crippen molar-refractivity contribution < 1.29 is 18.4 Å². The van der Waals surface area contributed by atoms with Gasteiger partial charge in [0.15, 0.2) is 11.3 Å². The summed E-state index contributed by atoms with van der Waals surface area (Å²) in [6.45, 7) is 3.56. The van der Waals surface area contributed by atoms with Crippen LogP contribution >= 0.6 is 0 Å². The second kappa shape index (κ2) is 7.30. The number of ether oxygens (including phenoxy) is 1. The Morgan fingerprint density at radius 1 is 1.28 bits per heavy atom. The molecule has 0 unspecified atom stereocenters. The van der Waals surface area contributed by atoms with Crippen molar-refractivity contribution in [2.45, 2.75) is 20.4 Å². The molecule has 4 rings (SSSR count). The van der Waals surface area contributed by atoms with Crippen LogP contribution in [-0.2, 0) is 11.3 Å². The van der Waals surface area contributed by atoms with Gasteiger partial charge in [0.2, 0.25) is 0 Å². The number of fused-ring (bicyclic) bond motifs is 1. The van der Waals surface area contributed by atoms with Crippen molar-refractivity contribution >= 4 is 17.0 Å². The van der Waals surface area contributed by atoms with Crippen molar-refractivity contribution in [1.82, 2.24) is 24.5 Å². The molecular weight excluding hydrogens is 381 g/mol. The molecule has 0 aliphatic rings. The number of aryl methyl sites for hydroxylation is 1. The number of carbonyl (C=O) groups excluding carboxylic acids is 1. The maximum atomic E-state index is 13.2. The fraction of sp³-hybridized carbons (Fsp3) is 0.211. The first kappa shape index (κ1) is 18.5. The molecule has 0 fully saturated rings. The zero-order valence-electron chi connectivity index (χ0n) is 15.6.